The van der Waals surface area contributed by atoms with Gasteiger partial charge in [0.1, 0.15) is 0 Å². The third-order valence-electron chi connectivity index (χ3n) is 6.76. The zero-order chi connectivity index (χ0) is 21.1. The van der Waals surface area contributed by atoms with Gasteiger partial charge in [-0.1, -0.05) is 66.7 Å². The van der Waals surface area contributed by atoms with Crippen LogP contribution in [0.3, 0.4) is 0 Å². The highest BCUT2D eigenvalue weighted by molar-refractivity contribution is 6.14. The van der Waals surface area contributed by atoms with Crippen LogP contribution in [0.15, 0.2) is 103 Å². The Hall–Kier alpha value is -4.04. The van der Waals surface area contributed by atoms with E-state index in [9.17, 15) is 0 Å². The minimum atomic E-state index is 1.07. The second-order valence-corrected chi connectivity index (χ2v) is 8.55. The van der Waals surface area contributed by atoms with Crippen LogP contribution in [0.25, 0.3) is 50.2 Å². The van der Waals surface area contributed by atoms with Crippen LogP contribution in [0.2, 0.25) is 0 Å². The first-order valence-electron chi connectivity index (χ1n) is 11.3. The SMILES string of the molecule is C1=Cc2c(n(-c3ccccc3)c3cc4c5ccccc5n(-c5ccccc5)c4cc23)CC1. The van der Waals surface area contributed by atoms with Gasteiger partial charge in [0.05, 0.1) is 16.6 Å². The lowest BCUT2D eigenvalue weighted by molar-refractivity contribution is 0.889. The molecule has 0 amide bonds. The summed E-state index contributed by atoms with van der Waals surface area (Å²) in [6.45, 7) is 0. The third kappa shape index (κ3) is 2.41. The van der Waals surface area contributed by atoms with Crippen LogP contribution in [0.5, 0.6) is 0 Å². The first-order chi connectivity index (χ1) is 15.9. The van der Waals surface area contributed by atoms with Gasteiger partial charge in [-0.15, -0.1) is 0 Å². The topological polar surface area (TPSA) is 9.86 Å². The molecule has 0 spiro atoms. The van der Waals surface area contributed by atoms with Crippen molar-refractivity contribution in [3.63, 3.8) is 0 Å². The molecule has 6 aromatic rings. The first-order valence-corrected chi connectivity index (χ1v) is 11.3. The molecule has 1 aliphatic rings. The van der Waals surface area contributed by atoms with E-state index >= 15 is 0 Å². The fourth-order valence-electron chi connectivity index (χ4n) is 5.41. The number of nitrogens with zero attached hydrogens (tertiary/aromatic N) is 2. The summed E-state index contributed by atoms with van der Waals surface area (Å²) in [5, 5.41) is 3.92. The summed E-state index contributed by atoms with van der Waals surface area (Å²) in [5.41, 5.74) is 9.01. The molecule has 2 heteroatoms. The van der Waals surface area contributed by atoms with Crippen molar-refractivity contribution in [3.8, 4) is 11.4 Å². The third-order valence-corrected chi connectivity index (χ3v) is 6.76. The highest BCUT2D eigenvalue weighted by Crippen LogP contribution is 2.40. The molecule has 0 unspecified atom stereocenters. The molecule has 2 aromatic heterocycles. The average Bonchev–Trinajstić information content (AvgIpc) is 3.36. The fourth-order valence-corrected chi connectivity index (χ4v) is 5.41. The summed E-state index contributed by atoms with van der Waals surface area (Å²) in [6, 6.07) is 35.1. The molecule has 7 rings (SSSR count). The Morgan fingerprint density at radius 1 is 0.531 bits per heavy atom. The molecular weight excluding hydrogens is 388 g/mol. The summed E-state index contributed by atoms with van der Waals surface area (Å²) in [6.07, 6.45) is 6.80. The van der Waals surface area contributed by atoms with E-state index in [0.29, 0.717) is 0 Å². The van der Waals surface area contributed by atoms with E-state index in [1.54, 1.807) is 0 Å². The van der Waals surface area contributed by atoms with E-state index in [0.717, 1.165) is 12.8 Å². The second-order valence-electron chi connectivity index (χ2n) is 8.55. The monoisotopic (exact) mass is 410 g/mol. The molecule has 0 atom stereocenters. The van der Waals surface area contributed by atoms with Crippen LogP contribution in [0.1, 0.15) is 17.7 Å². The lowest BCUT2D eigenvalue weighted by atomic mass is 10.0. The standard InChI is InChI=1S/C30H22N2/c1-3-11-21(12-4-1)31-27-17-9-7-15-23(27)25-20-30-26(19-29(25)31)24-16-8-10-18-28(24)32(30)22-13-5-2-6-14-22/h1-9,11-17,19-20H,10,18H2. The molecule has 0 radical (unpaired) electrons. The molecule has 32 heavy (non-hydrogen) atoms. The van der Waals surface area contributed by atoms with Gasteiger partial charge in [-0.3, -0.25) is 0 Å². The van der Waals surface area contributed by atoms with Gasteiger partial charge in [0.25, 0.3) is 0 Å². The van der Waals surface area contributed by atoms with E-state index in [1.165, 1.54) is 55.3 Å². The van der Waals surface area contributed by atoms with Gasteiger partial charge in [0.15, 0.2) is 0 Å². The minimum Gasteiger partial charge on any atom is -0.313 e. The van der Waals surface area contributed by atoms with Crippen LogP contribution < -0.4 is 0 Å². The zero-order valence-electron chi connectivity index (χ0n) is 17.7. The van der Waals surface area contributed by atoms with Crippen LogP contribution >= 0.6 is 0 Å². The van der Waals surface area contributed by atoms with Crippen LogP contribution in [-0.4, -0.2) is 9.13 Å². The van der Waals surface area contributed by atoms with Crippen molar-refractivity contribution in [3.05, 3.63) is 114 Å². The lowest BCUT2D eigenvalue weighted by Gasteiger charge is -2.13. The van der Waals surface area contributed by atoms with Crippen LogP contribution in [-0.2, 0) is 6.42 Å². The van der Waals surface area contributed by atoms with Gasteiger partial charge >= 0.3 is 0 Å². The fraction of sp³-hybridized carbons (Fsp3) is 0.0667. The molecule has 152 valence electrons. The summed E-state index contributed by atoms with van der Waals surface area (Å²) in [5.74, 6) is 0. The summed E-state index contributed by atoms with van der Waals surface area (Å²) < 4.78 is 4.88. The van der Waals surface area contributed by atoms with Crippen molar-refractivity contribution in [2.45, 2.75) is 12.8 Å². The van der Waals surface area contributed by atoms with Crippen molar-refractivity contribution in [1.29, 1.82) is 0 Å². The van der Waals surface area contributed by atoms with Gasteiger partial charge in [-0.05, 0) is 55.3 Å². The molecule has 2 heterocycles. The number of fused-ring (bicyclic) bond motifs is 6. The Bertz CT molecular complexity index is 1650. The van der Waals surface area contributed by atoms with Gasteiger partial charge < -0.3 is 9.13 Å². The van der Waals surface area contributed by atoms with E-state index in [-0.39, 0.29) is 0 Å². The molecule has 0 N–H and O–H groups in total. The van der Waals surface area contributed by atoms with Crippen molar-refractivity contribution in [2.75, 3.05) is 0 Å². The Morgan fingerprint density at radius 3 is 1.94 bits per heavy atom. The Morgan fingerprint density at radius 2 is 1.16 bits per heavy atom. The molecular formula is C30H22N2. The predicted molar refractivity (Wildman–Crippen MR) is 135 cm³/mol. The highest BCUT2D eigenvalue weighted by atomic mass is 15.0. The first kappa shape index (κ1) is 17.6. The second kappa shape index (κ2) is 6.73. The number of para-hydroxylation sites is 3. The number of allylic oxidation sites excluding steroid dienone is 1. The predicted octanol–water partition coefficient (Wildman–Crippen LogP) is 7.69. The number of hydrogen-bond acceptors (Lipinski definition) is 0. The largest absolute Gasteiger partial charge is 0.313 e. The maximum atomic E-state index is 2.47. The molecule has 0 bridgehead atoms. The summed E-state index contributed by atoms with van der Waals surface area (Å²) in [7, 11) is 0. The maximum Gasteiger partial charge on any atom is 0.0548 e. The quantitative estimate of drug-likeness (QED) is 0.277. The normalized spacial score (nSPS) is 13.2. The highest BCUT2D eigenvalue weighted by Gasteiger charge is 2.21. The molecule has 0 saturated heterocycles. The molecule has 2 nitrogen and oxygen atoms in total. The van der Waals surface area contributed by atoms with Gasteiger partial charge in [0.2, 0.25) is 0 Å². The van der Waals surface area contributed by atoms with Crippen molar-refractivity contribution >= 4 is 38.8 Å². The van der Waals surface area contributed by atoms with Crippen molar-refractivity contribution in [2.24, 2.45) is 0 Å². The van der Waals surface area contributed by atoms with Gasteiger partial charge in [-0.2, -0.15) is 0 Å². The van der Waals surface area contributed by atoms with Crippen molar-refractivity contribution < 1.29 is 0 Å². The number of aromatic nitrogens is 2. The molecule has 0 saturated carbocycles. The van der Waals surface area contributed by atoms with E-state index < -0.39 is 0 Å². The Kier molecular flexibility index (Phi) is 3.71. The molecule has 4 aromatic carbocycles. The molecule has 0 fully saturated rings. The molecule has 0 aliphatic heterocycles. The zero-order valence-corrected chi connectivity index (χ0v) is 17.7. The van der Waals surface area contributed by atoms with Crippen LogP contribution in [0.4, 0.5) is 0 Å². The van der Waals surface area contributed by atoms with E-state index in [2.05, 4.69) is 118 Å². The smallest absolute Gasteiger partial charge is 0.0548 e. The lowest BCUT2D eigenvalue weighted by Crippen LogP contribution is -2.02. The van der Waals surface area contributed by atoms with E-state index in [4.69, 9.17) is 0 Å². The van der Waals surface area contributed by atoms with E-state index in [1.807, 2.05) is 0 Å². The maximum absolute atomic E-state index is 2.47. The van der Waals surface area contributed by atoms with Gasteiger partial charge in [-0.25, -0.2) is 0 Å². The molecule has 1 aliphatic carbocycles. The number of hydrogen-bond donors (Lipinski definition) is 0. The Labute approximate surface area is 186 Å². The van der Waals surface area contributed by atoms with Crippen LogP contribution in [0, 0.1) is 0 Å². The Balaban J connectivity index is 1.67. The summed E-state index contributed by atoms with van der Waals surface area (Å²) >= 11 is 0. The van der Waals surface area contributed by atoms with Crippen molar-refractivity contribution in [1.82, 2.24) is 9.13 Å². The number of rotatable bonds is 2. The minimum absolute atomic E-state index is 1.07. The summed E-state index contributed by atoms with van der Waals surface area (Å²) in [4.78, 5) is 0. The number of benzene rings is 4. The average molecular weight is 411 g/mol. The van der Waals surface area contributed by atoms with Gasteiger partial charge in [0, 0.05) is 38.8 Å².